The number of carbonyl (C=O) groups excluding carboxylic acids is 1. The Labute approximate surface area is 166 Å². The number of aromatic amines is 1. The van der Waals surface area contributed by atoms with Crippen molar-refractivity contribution in [3.8, 4) is 0 Å². The van der Waals surface area contributed by atoms with Crippen LogP contribution < -0.4 is 0 Å². The molecule has 4 rings (SSSR count). The van der Waals surface area contributed by atoms with Crippen LogP contribution >= 0.6 is 0 Å². The van der Waals surface area contributed by atoms with E-state index in [1.165, 1.54) is 0 Å². The molecule has 6 heteroatoms. The van der Waals surface area contributed by atoms with Crippen LogP contribution in [0.4, 0.5) is 0 Å². The quantitative estimate of drug-likeness (QED) is 0.831. The molecule has 3 heterocycles. The average Bonchev–Trinajstić information content (AvgIpc) is 3.32. The molecule has 0 saturated carbocycles. The molecule has 2 saturated heterocycles. The third kappa shape index (κ3) is 4.09. The summed E-state index contributed by atoms with van der Waals surface area (Å²) >= 11 is 0. The molecule has 1 N–H and O–H groups in total. The van der Waals surface area contributed by atoms with Gasteiger partial charge in [-0.1, -0.05) is 0 Å². The summed E-state index contributed by atoms with van der Waals surface area (Å²) in [4.78, 5) is 20.6. The Bertz CT molecular complexity index is 820. The molecule has 2 aliphatic heterocycles. The maximum Gasteiger partial charge on any atom is 0.253 e. The third-order valence-electron chi connectivity index (χ3n) is 6.16. The summed E-state index contributed by atoms with van der Waals surface area (Å²) in [5.74, 6) is 0.638. The fourth-order valence-electron chi connectivity index (χ4n) is 4.76. The highest BCUT2D eigenvalue weighted by molar-refractivity contribution is 5.98. The van der Waals surface area contributed by atoms with E-state index in [1.807, 2.05) is 35.4 Å². The highest BCUT2D eigenvalue weighted by Gasteiger charge is 2.44. The maximum absolute atomic E-state index is 13.1. The number of likely N-dealkylation sites (tertiary alicyclic amines) is 1. The van der Waals surface area contributed by atoms with Gasteiger partial charge in [0, 0.05) is 56.0 Å². The SMILES string of the molecule is COCCN(C)C[C@H]1CO[C@]2(CCCN(C(=O)c3ccc4[nH]ccc4c3)C2)C1. The Hall–Kier alpha value is -1.89. The van der Waals surface area contributed by atoms with Gasteiger partial charge in [0.25, 0.3) is 5.91 Å². The van der Waals surface area contributed by atoms with Gasteiger partial charge in [-0.05, 0) is 56.5 Å². The van der Waals surface area contributed by atoms with Gasteiger partial charge >= 0.3 is 0 Å². The number of carbonyl (C=O) groups is 1. The van der Waals surface area contributed by atoms with Crippen molar-refractivity contribution in [1.29, 1.82) is 0 Å². The van der Waals surface area contributed by atoms with Crippen LogP contribution in [0.3, 0.4) is 0 Å². The normalized spacial score (nSPS) is 25.2. The van der Waals surface area contributed by atoms with Crippen molar-refractivity contribution in [3.63, 3.8) is 0 Å². The number of nitrogens with zero attached hydrogens (tertiary/aromatic N) is 2. The lowest BCUT2D eigenvalue weighted by Crippen LogP contribution is -2.50. The molecular formula is C22H31N3O3. The topological polar surface area (TPSA) is 57.8 Å². The van der Waals surface area contributed by atoms with E-state index in [4.69, 9.17) is 9.47 Å². The molecule has 2 aliphatic rings. The van der Waals surface area contributed by atoms with Gasteiger partial charge in [0.05, 0.1) is 18.8 Å². The first-order chi connectivity index (χ1) is 13.6. The maximum atomic E-state index is 13.1. The number of H-pyrrole nitrogens is 1. The second kappa shape index (κ2) is 8.23. The summed E-state index contributed by atoms with van der Waals surface area (Å²) in [7, 11) is 3.88. The predicted octanol–water partition coefficient (Wildman–Crippen LogP) is 2.76. The van der Waals surface area contributed by atoms with Crippen LogP contribution in [0.1, 0.15) is 29.6 Å². The van der Waals surface area contributed by atoms with Crippen LogP contribution in [0, 0.1) is 5.92 Å². The van der Waals surface area contributed by atoms with Crippen molar-refractivity contribution in [2.75, 3.05) is 53.6 Å². The van der Waals surface area contributed by atoms with Crippen LogP contribution in [-0.2, 0) is 9.47 Å². The monoisotopic (exact) mass is 385 g/mol. The molecule has 152 valence electrons. The van der Waals surface area contributed by atoms with Crippen LogP contribution in [0.2, 0.25) is 0 Å². The zero-order chi connectivity index (χ0) is 19.6. The summed E-state index contributed by atoms with van der Waals surface area (Å²) in [6.07, 6.45) is 4.99. The minimum atomic E-state index is -0.168. The largest absolute Gasteiger partial charge is 0.383 e. The molecule has 0 bridgehead atoms. The Kier molecular flexibility index (Phi) is 5.71. The number of aromatic nitrogens is 1. The Morgan fingerprint density at radius 3 is 3.18 bits per heavy atom. The summed E-state index contributed by atoms with van der Waals surface area (Å²) in [6, 6.07) is 7.90. The van der Waals surface area contributed by atoms with Crippen LogP contribution in [0.5, 0.6) is 0 Å². The third-order valence-corrected chi connectivity index (χ3v) is 6.16. The highest BCUT2D eigenvalue weighted by atomic mass is 16.5. The number of fused-ring (bicyclic) bond motifs is 1. The lowest BCUT2D eigenvalue weighted by Gasteiger charge is -2.40. The summed E-state index contributed by atoms with van der Waals surface area (Å²) in [5.41, 5.74) is 1.66. The first-order valence-corrected chi connectivity index (χ1v) is 10.3. The van der Waals surface area contributed by atoms with E-state index in [0.29, 0.717) is 12.5 Å². The number of rotatable bonds is 6. The van der Waals surface area contributed by atoms with Gasteiger partial charge in [-0.2, -0.15) is 0 Å². The molecule has 0 unspecified atom stereocenters. The highest BCUT2D eigenvalue weighted by Crippen LogP contribution is 2.38. The minimum absolute atomic E-state index is 0.117. The number of amides is 1. The standard InChI is InChI=1S/C22H31N3O3/c1-24(10-11-27-2)14-17-13-22(28-15-17)7-3-9-25(16-22)21(26)19-4-5-20-18(12-19)6-8-23-20/h4-6,8,12,17,23H,3,7,9-11,13-16H2,1-2H3/t17-,22+/m0/s1. The van der Waals surface area contributed by atoms with Crippen molar-refractivity contribution in [1.82, 2.24) is 14.8 Å². The molecule has 2 fully saturated rings. The molecular weight excluding hydrogens is 354 g/mol. The molecule has 1 amide bonds. The summed E-state index contributed by atoms with van der Waals surface area (Å²) in [6.45, 7) is 5.01. The lowest BCUT2D eigenvalue weighted by atomic mass is 9.86. The first-order valence-electron chi connectivity index (χ1n) is 10.3. The molecule has 0 aliphatic carbocycles. The van der Waals surface area contributed by atoms with Gasteiger partial charge in [-0.3, -0.25) is 4.79 Å². The van der Waals surface area contributed by atoms with Crippen LogP contribution in [-0.4, -0.2) is 79.8 Å². The molecule has 2 aromatic rings. The van der Waals surface area contributed by atoms with Crippen molar-refractivity contribution < 1.29 is 14.3 Å². The smallest absolute Gasteiger partial charge is 0.253 e. The number of piperidine rings is 1. The number of nitrogens with one attached hydrogen (secondary N) is 1. The van der Waals surface area contributed by atoms with E-state index in [2.05, 4.69) is 16.9 Å². The average molecular weight is 386 g/mol. The second-order valence-corrected chi connectivity index (χ2v) is 8.43. The van der Waals surface area contributed by atoms with Gasteiger partial charge in [0.15, 0.2) is 0 Å². The van der Waals surface area contributed by atoms with E-state index in [-0.39, 0.29) is 11.5 Å². The lowest BCUT2D eigenvalue weighted by molar-refractivity contribution is -0.0450. The van der Waals surface area contributed by atoms with E-state index < -0.39 is 0 Å². The fourth-order valence-corrected chi connectivity index (χ4v) is 4.76. The number of methoxy groups -OCH3 is 1. The number of likely N-dealkylation sites (N-methyl/N-ethyl adjacent to an activating group) is 1. The zero-order valence-corrected chi connectivity index (χ0v) is 16.9. The molecule has 0 radical (unpaired) electrons. The van der Waals surface area contributed by atoms with Gasteiger partial charge in [0.1, 0.15) is 0 Å². The Morgan fingerprint density at radius 1 is 1.43 bits per heavy atom. The fraction of sp³-hybridized carbons (Fsp3) is 0.591. The number of hydrogen-bond donors (Lipinski definition) is 1. The predicted molar refractivity (Wildman–Crippen MR) is 110 cm³/mol. The van der Waals surface area contributed by atoms with E-state index in [0.717, 1.165) is 68.6 Å². The van der Waals surface area contributed by atoms with E-state index in [1.54, 1.807) is 7.11 Å². The van der Waals surface area contributed by atoms with E-state index in [9.17, 15) is 4.79 Å². The first kappa shape index (κ1) is 19.4. The van der Waals surface area contributed by atoms with Gasteiger partial charge < -0.3 is 24.3 Å². The minimum Gasteiger partial charge on any atom is -0.383 e. The molecule has 6 nitrogen and oxygen atoms in total. The molecule has 1 aromatic carbocycles. The molecule has 1 spiro atoms. The number of hydrogen-bond acceptors (Lipinski definition) is 4. The zero-order valence-electron chi connectivity index (χ0n) is 16.9. The molecule has 2 atom stereocenters. The van der Waals surface area contributed by atoms with Gasteiger partial charge in [-0.25, -0.2) is 0 Å². The summed E-state index contributed by atoms with van der Waals surface area (Å²) in [5, 5.41) is 1.08. The van der Waals surface area contributed by atoms with Gasteiger partial charge in [-0.15, -0.1) is 0 Å². The Balaban J connectivity index is 1.39. The number of benzene rings is 1. The molecule has 1 aromatic heterocycles. The molecule has 28 heavy (non-hydrogen) atoms. The van der Waals surface area contributed by atoms with Crippen LogP contribution in [0.15, 0.2) is 30.5 Å². The van der Waals surface area contributed by atoms with E-state index >= 15 is 0 Å². The van der Waals surface area contributed by atoms with Crippen molar-refractivity contribution in [3.05, 3.63) is 36.0 Å². The Morgan fingerprint density at radius 2 is 2.32 bits per heavy atom. The van der Waals surface area contributed by atoms with Crippen molar-refractivity contribution in [2.24, 2.45) is 5.92 Å². The second-order valence-electron chi connectivity index (χ2n) is 8.43. The van der Waals surface area contributed by atoms with Gasteiger partial charge in [0.2, 0.25) is 0 Å². The van der Waals surface area contributed by atoms with Crippen LogP contribution in [0.25, 0.3) is 10.9 Å². The summed E-state index contributed by atoms with van der Waals surface area (Å²) < 4.78 is 11.5. The number of ether oxygens (including phenoxy) is 2. The van der Waals surface area contributed by atoms with Crippen molar-refractivity contribution in [2.45, 2.75) is 24.9 Å². The van der Waals surface area contributed by atoms with Crippen molar-refractivity contribution >= 4 is 16.8 Å².